The second-order valence-electron chi connectivity index (χ2n) is 7.89. The van der Waals surface area contributed by atoms with Gasteiger partial charge in [-0.25, -0.2) is 14.5 Å². The summed E-state index contributed by atoms with van der Waals surface area (Å²) in [5.41, 5.74) is -0.298. The maximum absolute atomic E-state index is 13.4. The van der Waals surface area contributed by atoms with Gasteiger partial charge in [0.1, 0.15) is 5.60 Å². The van der Waals surface area contributed by atoms with Crippen molar-refractivity contribution in [2.75, 3.05) is 24.7 Å². The van der Waals surface area contributed by atoms with E-state index >= 15 is 0 Å². The molecule has 0 unspecified atom stereocenters. The van der Waals surface area contributed by atoms with Gasteiger partial charge in [-0.1, -0.05) is 0 Å². The predicted molar refractivity (Wildman–Crippen MR) is 106 cm³/mol. The number of nitrogens with zero attached hydrogens (tertiary/aromatic N) is 1. The van der Waals surface area contributed by atoms with Gasteiger partial charge in [0, 0.05) is 17.7 Å². The van der Waals surface area contributed by atoms with Crippen LogP contribution in [0.15, 0.2) is 16.6 Å². The molecule has 28 heavy (non-hydrogen) atoms. The zero-order valence-electron chi connectivity index (χ0n) is 16.5. The Kier molecular flexibility index (Phi) is 5.55. The van der Waals surface area contributed by atoms with Gasteiger partial charge < -0.3 is 14.2 Å². The lowest BCUT2D eigenvalue weighted by molar-refractivity contribution is -0.126. The Morgan fingerprint density at radius 1 is 1.25 bits per heavy atom. The number of anilines is 1. The molecule has 1 spiro atoms. The lowest BCUT2D eigenvalue weighted by Crippen LogP contribution is -2.47. The molecule has 0 N–H and O–H groups in total. The maximum atomic E-state index is 13.4. The number of ether oxygens (including phenoxy) is 3. The van der Waals surface area contributed by atoms with Gasteiger partial charge in [0.05, 0.1) is 23.3 Å². The van der Waals surface area contributed by atoms with Crippen LogP contribution in [0.25, 0.3) is 0 Å². The summed E-state index contributed by atoms with van der Waals surface area (Å²) in [4.78, 5) is 39.7. The van der Waals surface area contributed by atoms with Crippen LogP contribution in [-0.4, -0.2) is 43.4 Å². The molecule has 152 valence electrons. The number of benzene rings is 1. The van der Waals surface area contributed by atoms with Gasteiger partial charge in [0.2, 0.25) is 5.91 Å². The van der Waals surface area contributed by atoms with E-state index in [0.29, 0.717) is 41.8 Å². The van der Waals surface area contributed by atoms with E-state index in [0.717, 1.165) is 4.90 Å². The number of esters is 1. The third kappa shape index (κ3) is 3.55. The summed E-state index contributed by atoms with van der Waals surface area (Å²) < 4.78 is 16.5. The molecular formula is C20H24BrNO6. The topological polar surface area (TPSA) is 82.1 Å². The number of hydrogen-bond acceptors (Lipinski definition) is 6. The first-order valence-electron chi connectivity index (χ1n) is 9.27. The zero-order valence-corrected chi connectivity index (χ0v) is 18.1. The van der Waals surface area contributed by atoms with Crippen LogP contribution in [0.4, 0.5) is 10.5 Å². The Bertz CT molecular complexity index is 823. The summed E-state index contributed by atoms with van der Waals surface area (Å²) in [5.74, 6) is -0.866. The summed E-state index contributed by atoms with van der Waals surface area (Å²) in [7, 11) is 0. The van der Waals surface area contributed by atoms with Crippen molar-refractivity contribution in [3.05, 3.63) is 27.7 Å². The first-order chi connectivity index (χ1) is 13.1. The molecule has 8 heteroatoms. The van der Waals surface area contributed by atoms with Gasteiger partial charge in [0.15, 0.2) is 0 Å². The first-order valence-corrected chi connectivity index (χ1v) is 10.1. The van der Waals surface area contributed by atoms with Gasteiger partial charge in [-0.15, -0.1) is 0 Å². The zero-order chi connectivity index (χ0) is 20.7. The highest BCUT2D eigenvalue weighted by Crippen LogP contribution is 2.49. The molecule has 0 aromatic heterocycles. The smallest absolute Gasteiger partial charge is 0.421 e. The molecule has 7 nitrogen and oxygen atoms in total. The fraction of sp³-hybridized carbons (Fsp3) is 0.550. The first kappa shape index (κ1) is 20.8. The largest absolute Gasteiger partial charge is 0.462 e. The van der Waals surface area contributed by atoms with E-state index in [-0.39, 0.29) is 18.1 Å². The number of rotatable bonds is 2. The minimum atomic E-state index is -0.861. The molecule has 2 heterocycles. The number of carbonyl (C=O) groups excluding carboxylic acids is 3. The number of fused-ring (bicyclic) bond motifs is 2. The van der Waals surface area contributed by atoms with E-state index in [2.05, 4.69) is 15.9 Å². The second-order valence-corrected chi connectivity index (χ2v) is 8.74. The van der Waals surface area contributed by atoms with Crippen molar-refractivity contribution in [2.45, 2.75) is 51.6 Å². The normalized spacial score (nSPS) is 18.2. The molecule has 0 bridgehead atoms. The Balaban J connectivity index is 2.14. The lowest BCUT2D eigenvalue weighted by atomic mass is 9.75. The molecule has 2 aliphatic rings. The Labute approximate surface area is 172 Å². The fourth-order valence-electron chi connectivity index (χ4n) is 3.63. The summed E-state index contributed by atoms with van der Waals surface area (Å²) in [6, 6.07) is 3.28. The standard InChI is InChI=1S/C20H24BrNO6/c1-5-27-16(23)12-10-15-13(11-14(12)21)20(6-8-26-9-7-20)17(24)22(15)18(25)28-19(2,3)4/h10-11H,5-9H2,1-4H3. The van der Waals surface area contributed by atoms with Gasteiger partial charge in [-0.3, -0.25) is 4.79 Å². The predicted octanol–water partition coefficient (Wildman–Crippen LogP) is 3.96. The van der Waals surface area contributed by atoms with E-state index < -0.39 is 23.1 Å². The summed E-state index contributed by atoms with van der Waals surface area (Å²) in [5, 5.41) is 0. The minimum absolute atomic E-state index is 0.221. The highest BCUT2D eigenvalue weighted by molar-refractivity contribution is 9.10. The van der Waals surface area contributed by atoms with Crippen molar-refractivity contribution in [3.63, 3.8) is 0 Å². The number of hydrogen-bond donors (Lipinski definition) is 0. The van der Waals surface area contributed by atoms with E-state index in [9.17, 15) is 14.4 Å². The van der Waals surface area contributed by atoms with Gasteiger partial charge >= 0.3 is 12.1 Å². The molecule has 2 amide bonds. The molecule has 0 atom stereocenters. The third-order valence-corrected chi connectivity index (χ3v) is 5.53. The van der Waals surface area contributed by atoms with Crippen molar-refractivity contribution < 1.29 is 28.6 Å². The van der Waals surface area contributed by atoms with E-state index in [1.165, 1.54) is 6.07 Å². The van der Waals surface area contributed by atoms with Crippen molar-refractivity contribution in [2.24, 2.45) is 0 Å². The SMILES string of the molecule is CCOC(=O)c1cc2c(cc1Br)C1(CCOCC1)C(=O)N2C(=O)OC(C)(C)C. The monoisotopic (exact) mass is 453 g/mol. The maximum Gasteiger partial charge on any atom is 0.421 e. The average molecular weight is 454 g/mol. The van der Waals surface area contributed by atoms with Crippen LogP contribution in [0, 0.1) is 0 Å². The minimum Gasteiger partial charge on any atom is -0.462 e. The number of amides is 2. The number of imide groups is 1. The van der Waals surface area contributed by atoms with Crippen LogP contribution in [0.5, 0.6) is 0 Å². The highest BCUT2D eigenvalue weighted by atomic mass is 79.9. The molecular weight excluding hydrogens is 430 g/mol. The second kappa shape index (κ2) is 7.48. The van der Waals surface area contributed by atoms with E-state index in [4.69, 9.17) is 14.2 Å². The summed E-state index contributed by atoms with van der Waals surface area (Å²) in [6.45, 7) is 7.99. The quantitative estimate of drug-likeness (QED) is 0.630. The van der Waals surface area contributed by atoms with Crippen molar-refractivity contribution in [1.82, 2.24) is 0 Å². The molecule has 1 fully saturated rings. The van der Waals surface area contributed by atoms with Crippen LogP contribution in [0.3, 0.4) is 0 Å². The van der Waals surface area contributed by atoms with Crippen LogP contribution in [-0.2, 0) is 24.4 Å². The lowest BCUT2D eigenvalue weighted by Gasteiger charge is -2.32. The molecule has 1 aromatic rings. The van der Waals surface area contributed by atoms with Gasteiger partial charge in [0.25, 0.3) is 0 Å². The molecule has 0 radical (unpaired) electrons. The molecule has 1 aromatic carbocycles. The molecule has 1 saturated heterocycles. The average Bonchev–Trinajstić information content (AvgIpc) is 2.82. The Hall–Kier alpha value is -1.93. The summed E-state index contributed by atoms with van der Waals surface area (Å²) >= 11 is 3.42. The molecule has 2 aliphatic heterocycles. The highest BCUT2D eigenvalue weighted by Gasteiger charge is 2.54. The van der Waals surface area contributed by atoms with Gasteiger partial charge in [-0.2, -0.15) is 0 Å². The third-order valence-electron chi connectivity index (χ3n) is 4.87. The Morgan fingerprint density at radius 2 is 1.89 bits per heavy atom. The van der Waals surface area contributed by atoms with E-state index in [1.807, 2.05) is 0 Å². The Morgan fingerprint density at radius 3 is 2.46 bits per heavy atom. The van der Waals surface area contributed by atoms with E-state index in [1.54, 1.807) is 33.8 Å². The number of halogens is 1. The van der Waals surface area contributed by atoms with Crippen LogP contribution >= 0.6 is 15.9 Å². The van der Waals surface area contributed by atoms with Crippen LogP contribution < -0.4 is 4.90 Å². The van der Waals surface area contributed by atoms with Crippen LogP contribution in [0.2, 0.25) is 0 Å². The van der Waals surface area contributed by atoms with Crippen LogP contribution in [0.1, 0.15) is 56.5 Å². The summed E-state index contributed by atoms with van der Waals surface area (Å²) in [6.07, 6.45) is 0.173. The molecule has 3 rings (SSSR count). The van der Waals surface area contributed by atoms with Gasteiger partial charge in [-0.05, 0) is 74.2 Å². The molecule has 0 aliphatic carbocycles. The fourth-order valence-corrected chi connectivity index (χ4v) is 4.13. The van der Waals surface area contributed by atoms with Crippen molar-refractivity contribution >= 4 is 39.6 Å². The molecule has 0 saturated carbocycles. The number of carbonyl (C=O) groups is 3. The van der Waals surface area contributed by atoms with Crippen molar-refractivity contribution in [3.8, 4) is 0 Å². The van der Waals surface area contributed by atoms with Crippen molar-refractivity contribution in [1.29, 1.82) is 0 Å².